The molecular formula is C21H13Cl2N5O3. The molecule has 154 valence electrons. The number of nitrogens with one attached hydrogen (secondary N) is 1. The number of halogens is 2. The number of carbonyl (C=O) groups excluding carboxylic acids is 1. The first kappa shape index (κ1) is 20.6. The monoisotopic (exact) mass is 453 g/mol. The van der Waals surface area contributed by atoms with Crippen LogP contribution in [-0.2, 0) is 4.79 Å². The zero-order valence-electron chi connectivity index (χ0n) is 15.8. The van der Waals surface area contributed by atoms with Crippen molar-refractivity contribution in [2.24, 2.45) is 0 Å². The van der Waals surface area contributed by atoms with Crippen molar-refractivity contribution in [1.29, 1.82) is 0 Å². The third-order valence-corrected chi connectivity index (χ3v) is 4.96. The number of benzene rings is 2. The van der Waals surface area contributed by atoms with Gasteiger partial charge in [0, 0.05) is 17.0 Å². The molecule has 4 rings (SSSR count). The fourth-order valence-electron chi connectivity index (χ4n) is 3.06. The third kappa shape index (κ3) is 4.30. The summed E-state index contributed by atoms with van der Waals surface area (Å²) in [6.45, 7) is 0. The van der Waals surface area contributed by atoms with Gasteiger partial charge >= 0.3 is 0 Å². The molecule has 1 amide bonds. The van der Waals surface area contributed by atoms with Gasteiger partial charge in [-0.1, -0.05) is 41.9 Å². The predicted molar refractivity (Wildman–Crippen MR) is 119 cm³/mol. The lowest BCUT2D eigenvalue weighted by Crippen LogP contribution is -2.15. The van der Waals surface area contributed by atoms with E-state index in [1.807, 2.05) is 30.3 Å². The maximum absolute atomic E-state index is 11.8. The third-order valence-electron chi connectivity index (χ3n) is 4.43. The Kier molecular flexibility index (Phi) is 5.75. The second kappa shape index (κ2) is 8.63. The molecule has 0 bridgehead atoms. The molecule has 0 radical (unpaired) electrons. The van der Waals surface area contributed by atoms with E-state index in [2.05, 4.69) is 20.3 Å². The standard InChI is InChI=1S/C21H13Cl2N5O3/c22-11-19(29)27-21-25-16(13-6-2-4-8-18(13)28(30)31)10-17(26-21)14-9-12-5-1-3-7-15(12)24-20(14)23/h1-10H,11H2,(H,25,26,27,29). The summed E-state index contributed by atoms with van der Waals surface area (Å²) in [6, 6.07) is 17.0. The molecule has 0 unspecified atom stereocenters. The van der Waals surface area contributed by atoms with Crippen molar-refractivity contribution in [3.8, 4) is 22.5 Å². The Morgan fingerprint density at radius 3 is 2.39 bits per heavy atom. The number of amides is 1. The molecule has 0 aliphatic heterocycles. The van der Waals surface area contributed by atoms with Crippen molar-refractivity contribution in [1.82, 2.24) is 15.0 Å². The molecule has 0 aliphatic rings. The summed E-state index contributed by atoms with van der Waals surface area (Å²) in [6.07, 6.45) is 0. The molecule has 2 aromatic carbocycles. The highest BCUT2D eigenvalue weighted by Crippen LogP contribution is 2.34. The van der Waals surface area contributed by atoms with Gasteiger partial charge in [0.2, 0.25) is 11.9 Å². The Labute approximate surface area is 186 Å². The number of fused-ring (bicyclic) bond motifs is 1. The highest BCUT2D eigenvalue weighted by Gasteiger charge is 2.19. The summed E-state index contributed by atoms with van der Waals surface area (Å²) in [5.41, 5.74) is 1.92. The Hall–Kier alpha value is -3.62. The molecule has 10 heteroatoms. The highest BCUT2D eigenvalue weighted by atomic mass is 35.5. The first-order valence-corrected chi connectivity index (χ1v) is 9.92. The molecule has 0 fully saturated rings. The van der Waals surface area contributed by atoms with Gasteiger partial charge in [0.1, 0.15) is 11.0 Å². The Bertz CT molecular complexity index is 1330. The van der Waals surface area contributed by atoms with Crippen molar-refractivity contribution in [2.75, 3.05) is 11.2 Å². The second-order valence-corrected chi connectivity index (χ2v) is 7.06. The van der Waals surface area contributed by atoms with E-state index in [0.29, 0.717) is 16.8 Å². The van der Waals surface area contributed by atoms with E-state index in [9.17, 15) is 14.9 Å². The average Bonchev–Trinajstić information content (AvgIpc) is 2.78. The van der Waals surface area contributed by atoms with Crippen LogP contribution in [0.5, 0.6) is 0 Å². The number of carbonyl (C=O) groups is 1. The summed E-state index contributed by atoms with van der Waals surface area (Å²) >= 11 is 12.0. The SMILES string of the molecule is O=C(CCl)Nc1nc(-c2ccccc2[N+](=O)[O-])cc(-c2cc3ccccc3nc2Cl)n1. The van der Waals surface area contributed by atoms with Crippen LogP contribution in [0.4, 0.5) is 11.6 Å². The molecule has 0 aliphatic carbocycles. The number of hydrogen-bond donors (Lipinski definition) is 1. The second-order valence-electron chi connectivity index (χ2n) is 6.44. The van der Waals surface area contributed by atoms with E-state index in [-0.39, 0.29) is 33.9 Å². The highest BCUT2D eigenvalue weighted by molar-refractivity contribution is 6.32. The van der Waals surface area contributed by atoms with Crippen molar-refractivity contribution in [3.63, 3.8) is 0 Å². The van der Waals surface area contributed by atoms with Gasteiger partial charge in [-0.2, -0.15) is 0 Å². The van der Waals surface area contributed by atoms with Crippen LogP contribution in [0.3, 0.4) is 0 Å². The first-order chi connectivity index (χ1) is 15.0. The Morgan fingerprint density at radius 2 is 1.65 bits per heavy atom. The topological polar surface area (TPSA) is 111 Å². The van der Waals surface area contributed by atoms with Gasteiger partial charge in [0.15, 0.2) is 0 Å². The van der Waals surface area contributed by atoms with E-state index in [4.69, 9.17) is 23.2 Å². The molecular weight excluding hydrogens is 441 g/mol. The normalized spacial score (nSPS) is 10.8. The van der Waals surface area contributed by atoms with Crippen molar-refractivity contribution < 1.29 is 9.72 Å². The minimum absolute atomic E-state index is 0.0551. The van der Waals surface area contributed by atoms with Crippen molar-refractivity contribution >= 4 is 51.6 Å². The number of pyridine rings is 1. The van der Waals surface area contributed by atoms with Gasteiger partial charge < -0.3 is 0 Å². The lowest BCUT2D eigenvalue weighted by Gasteiger charge is -2.11. The number of rotatable bonds is 5. The lowest BCUT2D eigenvalue weighted by molar-refractivity contribution is -0.384. The van der Waals surface area contributed by atoms with Crippen LogP contribution in [0.2, 0.25) is 5.15 Å². The molecule has 8 nitrogen and oxygen atoms in total. The maximum atomic E-state index is 11.8. The fourth-order valence-corrected chi connectivity index (χ4v) is 3.37. The van der Waals surface area contributed by atoms with Crippen LogP contribution < -0.4 is 5.32 Å². The summed E-state index contributed by atoms with van der Waals surface area (Å²) in [5.74, 6) is -0.872. The number of hydrogen-bond acceptors (Lipinski definition) is 6. The predicted octanol–water partition coefficient (Wildman–Crippen LogP) is 5.10. The van der Waals surface area contributed by atoms with Crippen LogP contribution in [0.15, 0.2) is 60.7 Å². The van der Waals surface area contributed by atoms with Gasteiger partial charge in [0.05, 0.1) is 27.4 Å². The summed E-state index contributed by atoms with van der Waals surface area (Å²) < 4.78 is 0. The molecule has 0 atom stereocenters. The Morgan fingerprint density at radius 1 is 0.968 bits per heavy atom. The van der Waals surface area contributed by atoms with E-state index < -0.39 is 10.8 Å². The van der Waals surface area contributed by atoms with Gasteiger partial charge in [-0.15, -0.1) is 11.6 Å². The van der Waals surface area contributed by atoms with Gasteiger partial charge in [-0.25, -0.2) is 15.0 Å². The maximum Gasteiger partial charge on any atom is 0.278 e. The first-order valence-electron chi connectivity index (χ1n) is 9.00. The number of aromatic nitrogens is 3. The number of anilines is 1. The molecule has 0 spiro atoms. The van der Waals surface area contributed by atoms with Gasteiger partial charge in [0.25, 0.3) is 5.69 Å². The van der Waals surface area contributed by atoms with E-state index in [1.165, 1.54) is 6.07 Å². The van der Waals surface area contributed by atoms with Crippen LogP contribution in [-0.4, -0.2) is 31.7 Å². The number of alkyl halides is 1. The van der Waals surface area contributed by atoms with Crippen LogP contribution in [0.1, 0.15) is 0 Å². The van der Waals surface area contributed by atoms with E-state index in [1.54, 1.807) is 24.3 Å². The largest absolute Gasteiger partial charge is 0.293 e. The lowest BCUT2D eigenvalue weighted by atomic mass is 10.1. The number of nitrogens with zero attached hydrogens (tertiary/aromatic N) is 4. The van der Waals surface area contributed by atoms with Crippen LogP contribution >= 0.6 is 23.2 Å². The summed E-state index contributed by atoms with van der Waals surface area (Å²) in [4.78, 5) is 35.9. The quantitative estimate of drug-likeness (QED) is 0.195. The van der Waals surface area contributed by atoms with E-state index in [0.717, 1.165) is 5.39 Å². The zero-order valence-corrected chi connectivity index (χ0v) is 17.3. The smallest absolute Gasteiger partial charge is 0.278 e. The minimum Gasteiger partial charge on any atom is -0.293 e. The van der Waals surface area contributed by atoms with Crippen molar-refractivity contribution in [2.45, 2.75) is 0 Å². The van der Waals surface area contributed by atoms with Gasteiger partial charge in [-0.3, -0.25) is 20.2 Å². The molecule has 1 N–H and O–H groups in total. The Balaban J connectivity index is 1.94. The number of nitro groups is 1. The van der Waals surface area contributed by atoms with Gasteiger partial charge in [-0.05, 0) is 24.3 Å². The fraction of sp³-hybridized carbons (Fsp3) is 0.0476. The molecule has 4 aromatic rings. The van der Waals surface area contributed by atoms with Crippen LogP contribution in [0.25, 0.3) is 33.4 Å². The summed E-state index contributed by atoms with van der Waals surface area (Å²) in [7, 11) is 0. The molecule has 0 saturated carbocycles. The average molecular weight is 454 g/mol. The zero-order chi connectivity index (χ0) is 22.0. The number of para-hydroxylation sites is 2. The molecule has 2 heterocycles. The molecule has 2 aromatic heterocycles. The van der Waals surface area contributed by atoms with Crippen LogP contribution in [0, 0.1) is 10.1 Å². The molecule has 0 saturated heterocycles. The van der Waals surface area contributed by atoms with E-state index >= 15 is 0 Å². The summed E-state index contributed by atoms with van der Waals surface area (Å²) in [5, 5.41) is 15.0. The minimum atomic E-state index is -0.518. The number of nitro benzene ring substituents is 1. The van der Waals surface area contributed by atoms with Crippen molar-refractivity contribution in [3.05, 3.63) is 75.9 Å². The molecule has 31 heavy (non-hydrogen) atoms.